The summed E-state index contributed by atoms with van der Waals surface area (Å²) in [4.78, 5) is 15.9. The highest BCUT2D eigenvalue weighted by molar-refractivity contribution is 5.68. The van der Waals surface area contributed by atoms with Crippen LogP contribution < -0.4 is 14.8 Å². The van der Waals surface area contributed by atoms with E-state index in [1.165, 1.54) is 12.8 Å². The summed E-state index contributed by atoms with van der Waals surface area (Å²) >= 11 is 0. The monoisotopic (exact) mass is 458 g/mol. The van der Waals surface area contributed by atoms with Crippen molar-refractivity contribution in [3.05, 3.63) is 53.4 Å². The van der Waals surface area contributed by atoms with Crippen molar-refractivity contribution in [1.82, 2.24) is 10.3 Å². The van der Waals surface area contributed by atoms with E-state index >= 15 is 0 Å². The van der Waals surface area contributed by atoms with E-state index in [-0.39, 0.29) is 17.9 Å². The van der Waals surface area contributed by atoms with E-state index in [1.807, 2.05) is 0 Å². The molecule has 6 nitrogen and oxygen atoms in total. The number of carbonyl (C=O) groups excluding carboxylic acids is 1. The zero-order chi connectivity index (χ0) is 24.0. The number of aromatic nitrogens is 1. The van der Waals surface area contributed by atoms with Crippen molar-refractivity contribution in [3.63, 3.8) is 0 Å². The number of halogens is 2. The molecule has 1 atom stereocenters. The van der Waals surface area contributed by atoms with E-state index in [2.05, 4.69) is 22.1 Å². The van der Waals surface area contributed by atoms with Crippen LogP contribution in [0, 0.1) is 29.4 Å². The molecule has 0 unspecified atom stereocenters. The Morgan fingerprint density at radius 3 is 2.42 bits per heavy atom. The summed E-state index contributed by atoms with van der Waals surface area (Å²) in [5.41, 5.74) is -0.636. The van der Waals surface area contributed by atoms with Crippen LogP contribution in [0.4, 0.5) is 13.6 Å². The number of pyridine rings is 1. The fourth-order valence-electron chi connectivity index (χ4n) is 2.69. The lowest BCUT2D eigenvalue weighted by Crippen LogP contribution is -2.40. The molecule has 3 rings (SSSR count). The molecule has 1 aliphatic rings. The van der Waals surface area contributed by atoms with Crippen LogP contribution in [0.1, 0.15) is 51.8 Å². The normalized spacial score (nSPS) is 14.0. The van der Waals surface area contributed by atoms with Gasteiger partial charge in [-0.1, -0.05) is 5.92 Å². The number of alkyl carbamates (subject to hydrolysis) is 1. The summed E-state index contributed by atoms with van der Waals surface area (Å²) in [6.45, 7) is 7.61. The van der Waals surface area contributed by atoms with Crippen molar-refractivity contribution in [1.29, 1.82) is 0 Å². The van der Waals surface area contributed by atoms with E-state index in [4.69, 9.17) is 14.2 Å². The van der Waals surface area contributed by atoms with Gasteiger partial charge in [-0.3, -0.25) is 0 Å². The van der Waals surface area contributed by atoms with Gasteiger partial charge in [0, 0.05) is 12.1 Å². The third kappa shape index (κ3) is 8.26. The molecule has 2 aromatic rings. The number of benzene rings is 1. The van der Waals surface area contributed by atoms with Gasteiger partial charge in [0.25, 0.3) is 0 Å². The zero-order valence-electron chi connectivity index (χ0n) is 19.2. The van der Waals surface area contributed by atoms with Gasteiger partial charge in [-0.2, -0.15) is 0 Å². The van der Waals surface area contributed by atoms with Crippen molar-refractivity contribution >= 4 is 6.09 Å². The number of hydrogen-bond acceptors (Lipinski definition) is 5. The van der Waals surface area contributed by atoms with E-state index in [0.717, 1.165) is 12.1 Å². The Balaban J connectivity index is 1.56. The van der Waals surface area contributed by atoms with Crippen LogP contribution in [0.5, 0.6) is 11.5 Å². The maximum Gasteiger partial charge on any atom is 0.407 e. The third-order valence-corrected chi connectivity index (χ3v) is 4.51. The standard InChI is InChI=1S/C25H28F2N2O4/c1-16(29-24(30)33-25(2,3)4)14-31-20-11-22(26)21(23(27)12-20)10-8-18-7-9-19(13-28-18)32-15-17-5-6-17/h7,9,11-13,16-17H,5-6,14-15H2,1-4H3,(H,29,30)/t16-/m0/s1. The SMILES string of the molecule is C[C@@H](COc1cc(F)c(C#Cc2ccc(OCC3CC3)cn2)c(F)c1)NC(=O)OC(C)(C)C. The lowest BCUT2D eigenvalue weighted by molar-refractivity contribution is 0.0493. The molecule has 0 spiro atoms. The Morgan fingerprint density at radius 1 is 1.15 bits per heavy atom. The van der Waals surface area contributed by atoms with Crippen LogP contribution in [-0.2, 0) is 4.74 Å². The summed E-state index contributed by atoms with van der Waals surface area (Å²) in [6, 6.07) is 5.04. The van der Waals surface area contributed by atoms with Crippen molar-refractivity contribution < 1.29 is 27.8 Å². The van der Waals surface area contributed by atoms with Crippen molar-refractivity contribution in [2.24, 2.45) is 5.92 Å². The minimum atomic E-state index is -0.852. The summed E-state index contributed by atoms with van der Waals surface area (Å²) in [5, 5.41) is 2.59. The van der Waals surface area contributed by atoms with Crippen LogP contribution >= 0.6 is 0 Å². The highest BCUT2D eigenvalue weighted by atomic mass is 19.1. The fourth-order valence-corrected chi connectivity index (χ4v) is 2.69. The van der Waals surface area contributed by atoms with Gasteiger partial charge in [-0.25, -0.2) is 18.6 Å². The Labute approximate surface area is 192 Å². The van der Waals surface area contributed by atoms with Gasteiger partial charge >= 0.3 is 6.09 Å². The molecule has 1 amide bonds. The second-order valence-corrected chi connectivity index (χ2v) is 9.00. The number of amides is 1. The maximum absolute atomic E-state index is 14.4. The van der Waals surface area contributed by atoms with Crippen molar-refractivity contribution in [2.45, 2.75) is 52.2 Å². The molecule has 176 valence electrons. The van der Waals surface area contributed by atoms with Gasteiger partial charge in [0.15, 0.2) is 0 Å². The average Bonchev–Trinajstić information content (AvgIpc) is 3.54. The van der Waals surface area contributed by atoms with E-state index in [1.54, 1.807) is 46.0 Å². The van der Waals surface area contributed by atoms with Crippen LogP contribution in [0.3, 0.4) is 0 Å². The van der Waals surface area contributed by atoms with E-state index in [9.17, 15) is 13.6 Å². The highest BCUT2D eigenvalue weighted by Crippen LogP contribution is 2.29. The second kappa shape index (κ2) is 10.5. The Hall–Kier alpha value is -3.34. The highest BCUT2D eigenvalue weighted by Gasteiger charge is 2.22. The van der Waals surface area contributed by atoms with Crippen LogP contribution in [0.2, 0.25) is 0 Å². The maximum atomic E-state index is 14.4. The molecule has 1 aromatic heterocycles. The van der Waals surface area contributed by atoms with Crippen molar-refractivity contribution in [2.75, 3.05) is 13.2 Å². The molecule has 1 heterocycles. The minimum Gasteiger partial charge on any atom is -0.492 e. The molecule has 33 heavy (non-hydrogen) atoms. The molecule has 1 aromatic carbocycles. The van der Waals surface area contributed by atoms with Crippen LogP contribution in [-0.4, -0.2) is 35.9 Å². The molecule has 0 radical (unpaired) electrons. The molecule has 0 saturated heterocycles. The largest absolute Gasteiger partial charge is 0.492 e. The number of rotatable bonds is 7. The molecule has 1 saturated carbocycles. The summed E-state index contributed by atoms with van der Waals surface area (Å²) in [7, 11) is 0. The number of nitrogens with zero attached hydrogens (tertiary/aromatic N) is 1. The lowest BCUT2D eigenvalue weighted by Gasteiger charge is -2.22. The smallest absolute Gasteiger partial charge is 0.407 e. The summed E-state index contributed by atoms with van der Waals surface area (Å²) in [5.74, 6) is 4.70. The number of carbonyl (C=O) groups is 1. The predicted octanol–water partition coefficient (Wildman–Crippen LogP) is 4.84. The molecular weight excluding hydrogens is 430 g/mol. The molecule has 8 heteroatoms. The van der Waals surface area contributed by atoms with Crippen LogP contribution in [0.25, 0.3) is 0 Å². The summed E-state index contributed by atoms with van der Waals surface area (Å²) in [6.07, 6.45) is 3.33. The number of hydrogen-bond donors (Lipinski definition) is 1. The van der Waals surface area contributed by atoms with Gasteiger partial charge < -0.3 is 19.5 Å². The van der Waals surface area contributed by atoms with Gasteiger partial charge in [0.1, 0.15) is 41.0 Å². The Morgan fingerprint density at radius 2 is 1.85 bits per heavy atom. The first-order chi connectivity index (χ1) is 15.6. The van der Waals surface area contributed by atoms with E-state index in [0.29, 0.717) is 24.0 Å². The molecule has 0 bridgehead atoms. The molecule has 0 aliphatic heterocycles. The average molecular weight is 459 g/mol. The van der Waals surface area contributed by atoms with Gasteiger partial charge in [-0.05, 0) is 64.5 Å². The first-order valence-electron chi connectivity index (χ1n) is 10.8. The quantitative estimate of drug-likeness (QED) is 0.602. The first kappa shape index (κ1) is 24.3. The molecule has 1 fully saturated rings. The second-order valence-electron chi connectivity index (χ2n) is 9.00. The van der Waals surface area contributed by atoms with Crippen molar-refractivity contribution in [3.8, 4) is 23.3 Å². The molecule has 1 aliphatic carbocycles. The third-order valence-electron chi connectivity index (χ3n) is 4.51. The molecule has 1 N–H and O–H groups in total. The zero-order valence-corrected chi connectivity index (χ0v) is 19.2. The molecular formula is C25H28F2N2O4. The number of nitrogens with one attached hydrogen (secondary N) is 1. The van der Waals surface area contributed by atoms with E-state index < -0.39 is 29.4 Å². The van der Waals surface area contributed by atoms with Gasteiger partial charge in [-0.15, -0.1) is 0 Å². The predicted molar refractivity (Wildman–Crippen MR) is 119 cm³/mol. The summed E-state index contributed by atoms with van der Waals surface area (Å²) < 4.78 is 45.0. The lowest BCUT2D eigenvalue weighted by atomic mass is 10.2. The van der Waals surface area contributed by atoms with Gasteiger partial charge in [0.05, 0.1) is 24.4 Å². The van der Waals surface area contributed by atoms with Crippen LogP contribution in [0.15, 0.2) is 30.5 Å². The Kier molecular flexibility index (Phi) is 7.75. The number of ether oxygens (including phenoxy) is 3. The topological polar surface area (TPSA) is 69.7 Å². The first-order valence-corrected chi connectivity index (χ1v) is 10.8. The Bertz CT molecular complexity index is 1010. The van der Waals surface area contributed by atoms with Gasteiger partial charge in [0.2, 0.25) is 0 Å². The fraction of sp³-hybridized carbons (Fsp3) is 0.440. The minimum absolute atomic E-state index is 0.00222.